The maximum Gasteiger partial charge on any atom is 0.294 e. The van der Waals surface area contributed by atoms with Gasteiger partial charge in [0.25, 0.3) is 11.1 Å². The first kappa shape index (κ1) is 24.3. The third-order valence-corrected chi connectivity index (χ3v) is 6.56. The predicted molar refractivity (Wildman–Crippen MR) is 139 cm³/mol. The lowest BCUT2D eigenvalue weighted by Crippen LogP contribution is -2.36. The molecule has 3 aromatic carbocycles. The third kappa shape index (κ3) is 6.00. The summed E-state index contributed by atoms with van der Waals surface area (Å²) < 4.78 is 6.00. The Morgan fingerprint density at radius 2 is 1.77 bits per heavy atom. The van der Waals surface area contributed by atoms with Crippen LogP contribution in [0.3, 0.4) is 0 Å². The van der Waals surface area contributed by atoms with Crippen LogP contribution >= 0.6 is 11.8 Å². The van der Waals surface area contributed by atoms with Crippen molar-refractivity contribution in [3.63, 3.8) is 0 Å². The quantitative estimate of drug-likeness (QED) is 0.423. The number of rotatable bonds is 7. The van der Waals surface area contributed by atoms with E-state index in [4.69, 9.17) is 4.74 Å². The zero-order valence-electron chi connectivity index (χ0n) is 19.8. The fourth-order valence-corrected chi connectivity index (χ4v) is 4.46. The first-order chi connectivity index (χ1) is 16.8. The Kier molecular flexibility index (Phi) is 7.36. The number of ether oxygens (including phenoxy) is 1. The molecular weight excluding hydrogens is 460 g/mol. The molecule has 1 N–H and O–H groups in total. The average Bonchev–Trinajstić information content (AvgIpc) is 3.08. The van der Waals surface area contributed by atoms with Gasteiger partial charge in [-0.2, -0.15) is 0 Å². The Labute approximate surface area is 209 Å². The van der Waals surface area contributed by atoms with Crippen LogP contribution in [0.2, 0.25) is 0 Å². The van der Waals surface area contributed by atoms with Gasteiger partial charge in [0.05, 0.1) is 4.91 Å². The molecule has 1 heterocycles. The highest BCUT2D eigenvalue weighted by Gasteiger charge is 2.36. The topological polar surface area (TPSA) is 75.7 Å². The van der Waals surface area contributed by atoms with E-state index in [9.17, 15) is 14.4 Å². The van der Waals surface area contributed by atoms with E-state index in [0.717, 1.165) is 38.9 Å². The van der Waals surface area contributed by atoms with E-state index in [1.54, 1.807) is 12.1 Å². The normalized spacial score (nSPS) is 14.5. The first-order valence-corrected chi connectivity index (χ1v) is 12.0. The number of imide groups is 1. The molecule has 0 aliphatic carbocycles. The summed E-state index contributed by atoms with van der Waals surface area (Å²) in [5.41, 5.74) is 5.65. The van der Waals surface area contributed by atoms with Gasteiger partial charge in [0.15, 0.2) is 0 Å². The van der Waals surface area contributed by atoms with Crippen LogP contribution in [0.4, 0.5) is 10.5 Å². The van der Waals surface area contributed by atoms with Gasteiger partial charge in [-0.15, -0.1) is 0 Å². The second-order valence-electron chi connectivity index (χ2n) is 8.43. The standard InChI is InChI=1S/C28H26N2O4S/c1-18-7-6-8-21(13-18)17-34-24-10-5-4-9-22(24)15-25-27(32)30(28(33)35-25)16-26(31)29-23-12-11-19(2)20(3)14-23/h4-15H,16-17H2,1-3H3,(H,29,31)/b25-15+. The van der Waals surface area contributed by atoms with E-state index in [1.165, 1.54) is 0 Å². The minimum Gasteiger partial charge on any atom is -0.488 e. The largest absolute Gasteiger partial charge is 0.488 e. The molecule has 0 radical (unpaired) electrons. The van der Waals surface area contributed by atoms with E-state index in [-0.39, 0.29) is 11.4 Å². The number of thioether (sulfide) groups is 1. The Morgan fingerprint density at radius 1 is 0.971 bits per heavy atom. The summed E-state index contributed by atoms with van der Waals surface area (Å²) in [6.45, 7) is 6.00. The van der Waals surface area contributed by atoms with Gasteiger partial charge < -0.3 is 10.1 Å². The van der Waals surface area contributed by atoms with Crippen molar-refractivity contribution in [3.8, 4) is 5.75 Å². The van der Waals surface area contributed by atoms with Gasteiger partial charge >= 0.3 is 0 Å². The molecule has 0 bridgehead atoms. The van der Waals surface area contributed by atoms with E-state index in [0.29, 0.717) is 23.6 Å². The van der Waals surface area contributed by atoms with Crippen LogP contribution in [0.25, 0.3) is 6.08 Å². The summed E-state index contributed by atoms with van der Waals surface area (Å²) in [5, 5.41) is 2.28. The highest BCUT2D eigenvalue weighted by Crippen LogP contribution is 2.34. The molecule has 178 valence electrons. The molecule has 0 saturated carbocycles. The lowest BCUT2D eigenvalue weighted by molar-refractivity contribution is -0.127. The van der Waals surface area contributed by atoms with Crippen molar-refractivity contribution < 1.29 is 19.1 Å². The van der Waals surface area contributed by atoms with Crippen LogP contribution in [0.5, 0.6) is 5.75 Å². The smallest absolute Gasteiger partial charge is 0.294 e. The number of nitrogens with one attached hydrogen (secondary N) is 1. The number of hydrogen-bond donors (Lipinski definition) is 1. The van der Waals surface area contributed by atoms with Gasteiger partial charge in [0.2, 0.25) is 5.91 Å². The van der Waals surface area contributed by atoms with Crippen molar-refractivity contribution in [1.82, 2.24) is 4.90 Å². The van der Waals surface area contributed by atoms with Crippen LogP contribution in [-0.2, 0) is 16.2 Å². The van der Waals surface area contributed by atoms with Gasteiger partial charge in [-0.05, 0) is 73.5 Å². The first-order valence-electron chi connectivity index (χ1n) is 11.2. The molecule has 1 aliphatic rings. The second-order valence-corrected chi connectivity index (χ2v) is 9.42. The number of carbonyl (C=O) groups excluding carboxylic acids is 3. The number of carbonyl (C=O) groups is 3. The lowest BCUT2D eigenvalue weighted by atomic mass is 10.1. The molecule has 4 rings (SSSR count). The molecule has 0 spiro atoms. The number of aryl methyl sites for hydroxylation is 3. The number of anilines is 1. The van der Waals surface area contributed by atoms with Crippen molar-refractivity contribution in [2.45, 2.75) is 27.4 Å². The molecule has 35 heavy (non-hydrogen) atoms. The molecule has 1 aliphatic heterocycles. The van der Waals surface area contributed by atoms with E-state index < -0.39 is 17.1 Å². The van der Waals surface area contributed by atoms with Gasteiger partial charge in [-0.3, -0.25) is 19.3 Å². The SMILES string of the molecule is Cc1cccc(COc2ccccc2/C=C2/SC(=O)N(CC(=O)Nc3ccc(C)c(C)c3)C2=O)c1. The molecule has 3 amide bonds. The van der Waals surface area contributed by atoms with Crippen molar-refractivity contribution in [2.75, 3.05) is 11.9 Å². The molecular formula is C28H26N2O4S. The van der Waals surface area contributed by atoms with E-state index in [2.05, 4.69) is 11.4 Å². The Bertz CT molecular complexity index is 1330. The molecule has 6 nitrogen and oxygen atoms in total. The summed E-state index contributed by atoms with van der Waals surface area (Å²) in [4.78, 5) is 39.2. The van der Waals surface area contributed by atoms with Crippen LogP contribution in [0.1, 0.15) is 27.8 Å². The molecule has 0 aromatic heterocycles. The number of para-hydroxylation sites is 1. The summed E-state index contributed by atoms with van der Waals surface area (Å²) in [7, 11) is 0. The Balaban J connectivity index is 1.44. The summed E-state index contributed by atoms with van der Waals surface area (Å²) >= 11 is 0.817. The highest BCUT2D eigenvalue weighted by atomic mass is 32.2. The minimum absolute atomic E-state index is 0.251. The summed E-state index contributed by atoms with van der Waals surface area (Å²) in [6.07, 6.45) is 1.64. The fraction of sp³-hybridized carbons (Fsp3) is 0.179. The van der Waals surface area contributed by atoms with Crippen LogP contribution in [0, 0.1) is 20.8 Å². The maximum atomic E-state index is 12.9. The molecule has 3 aromatic rings. The van der Waals surface area contributed by atoms with Gasteiger partial charge in [-0.25, -0.2) is 0 Å². The van der Waals surface area contributed by atoms with Crippen molar-refractivity contribution in [2.24, 2.45) is 0 Å². The molecule has 0 unspecified atom stereocenters. The summed E-state index contributed by atoms with van der Waals surface area (Å²) in [6, 6.07) is 20.9. The zero-order chi connectivity index (χ0) is 24.9. The van der Waals surface area contributed by atoms with E-state index in [1.807, 2.05) is 75.4 Å². The van der Waals surface area contributed by atoms with E-state index >= 15 is 0 Å². The molecule has 1 fully saturated rings. The van der Waals surface area contributed by atoms with Crippen molar-refractivity contribution in [1.29, 1.82) is 0 Å². The monoisotopic (exact) mass is 486 g/mol. The minimum atomic E-state index is -0.497. The zero-order valence-corrected chi connectivity index (χ0v) is 20.6. The number of hydrogen-bond acceptors (Lipinski definition) is 5. The second kappa shape index (κ2) is 10.6. The molecule has 7 heteroatoms. The Morgan fingerprint density at radius 3 is 2.54 bits per heavy atom. The molecule has 0 atom stereocenters. The fourth-order valence-electron chi connectivity index (χ4n) is 3.64. The predicted octanol–water partition coefficient (Wildman–Crippen LogP) is 5.87. The average molecular weight is 487 g/mol. The van der Waals surface area contributed by atoms with Gasteiger partial charge in [-0.1, -0.05) is 54.1 Å². The highest BCUT2D eigenvalue weighted by molar-refractivity contribution is 8.18. The van der Waals surface area contributed by atoms with Crippen molar-refractivity contribution >= 4 is 40.6 Å². The van der Waals surface area contributed by atoms with Crippen LogP contribution < -0.4 is 10.1 Å². The summed E-state index contributed by atoms with van der Waals surface area (Å²) in [5.74, 6) is -0.323. The Hall–Kier alpha value is -3.84. The third-order valence-electron chi connectivity index (χ3n) is 5.65. The van der Waals surface area contributed by atoms with Gasteiger partial charge in [0.1, 0.15) is 18.9 Å². The molecule has 1 saturated heterocycles. The van der Waals surface area contributed by atoms with Crippen LogP contribution in [-0.4, -0.2) is 28.5 Å². The van der Waals surface area contributed by atoms with Crippen LogP contribution in [0.15, 0.2) is 71.6 Å². The maximum absolute atomic E-state index is 12.9. The van der Waals surface area contributed by atoms with Gasteiger partial charge in [0, 0.05) is 11.3 Å². The number of benzene rings is 3. The van der Waals surface area contributed by atoms with Crippen molar-refractivity contribution in [3.05, 3.63) is 99.5 Å². The number of amides is 3. The number of nitrogens with zero attached hydrogens (tertiary/aromatic N) is 1. The lowest BCUT2D eigenvalue weighted by Gasteiger charge is -2.13.